The number of anilines is 1. The summed E-state index contributed by atoms with van der Waals surface area (Å²) in [5.41, 5.74) is 2.50. The number of para-hydroxylation sites is 2. The highest BCUT2D eigenvalue weighted by Gasteiger charge is 2.34. The molecule has 1 aliphatic heterocycles. The van der Waals surface area contributed by atoms with Crippen LogP contribution in [0.4, 0.5) is 10.5 Å². The van der Waals surface area contributed by atoms with Crippen LogP contribution in [0.3, 0.4) is 0 Å². The molecule has 0 unspecified atom stereocenters. The van der Waals surface area contributed by atoms with Gasteiger partial charge in [-0.2, -0.15) is 0 Å². The third-order valence-electron chi connectivity index (χ3n) is 5.32. The summed E-state index contributed by atoms with van der Waals surface area (Å²) in [5, 5.41) is 5.00. The largest absolute Gasteiger partial charge is 0.488 e. The van der Waals surface area contributed by atoms with Crippen molar-refractivity contribution in [2.75, 3.05) is 4.90 Å². The summed E-state index contributed by atoms with van der Waals surface area (Å²) in [6.45, 7) is 0.390. The zero-order valence-corrected chi connectivity index (χ0v) is 17.2. The second kappa shape index (κ2) is 8.40. The van der Waals surface area contributed by atoms with Crippen LogP contribution in [0.15, 0.2) is 103 Å². The van der Waals surface area contributed by atoms with E-state index in [1.165, 1.54) is 5.39 Å². The molecule has 1 saturated heterocycles. The summed E-state index contributed by atoms with van der Waals surface area (Å²) in [6.07, 6.45) is 1.65. The van der Waals surface area contributed by atoms with Crippen LogP contribution < -0.4 is 15.0 Å². The Morgan fingerprint density at radius 3 is 2.34 bits per heavy atom. The molecular formula is C27H20N2O3. The SMILES string of the molecule is O=C1N/C(=C/c2ccccc2OCc2ccc3ccccc3c2)C(=O)N1c1ccccc1. The zero-order valence-electron chi connectivity index (χ0n) is 17.2. The highest BCUT2D eigenvalue weighted by molar-refractivity contribution is 6.28. The fourth-order valence-corrected chi connectivity index (χ4v) is 3.72. The van der Waals surface area contributed by atoms with E-state index in [-0.39, 0.29) is 5.70 Å². The molecule has 3 amide bonds. The first-order valence-corrected chi connectivity index (χ1v) is 10.3. The van der Waals surface area contributed by atoms with Crippen LogP contribution >= 0.6 is 0 Å². The first kappa shape index (κ1) is 19.6. The van der Waals surface area contributed by atoms with E-state index in [0.717, 1.165) is 15.8 Å². The van der Waals surface area contributed by atoms with Crippen LogP contribution in [0.25, 0.3) is 16.8 Å². The lowest BCUT2D eigenvalue weighted by Crippen LogP contribution is -2.30. The first-order valence-electron chi connectivity index (χ1n) is 10.3. The molecular weight excluding hydrogens is 400 g/mol. The molecule has 0 radical (unpaired) electrons. The van der Waals surface area contributed by atoms with Crippen LogP contribution in [-0.2, 0) is 11.4 Å². The van der Waals surface area contributed by atoms with Gasteiger partial charge in [0, 0.05) is 5.56 Å². The average Bonchev–Trinajstić information content (AvgIpc) is 3.11. The Labute approximate surface area is 185 Å². The van der Waals surface area contributed by atoms with Gasteiger partial charge >= 0.3 is 6.03 Å². The third kappa shape index (κ3) is 3.84. The molecule has 5 heteroatoms. The van der Waals surface area contributed by atoms with Gasteiger partial charge in [0.1, 0.15) is 18.1 Å². The Hall–Kier alpha value is -4.38. The highest BCUT2D eigenvalue weighted by Crippen LogP contribution is 2.26. The predicted octanol–water partition coefficient (Wildman–Crippen LogP) is 5.52. The van der Waals surface area contributed by atoms with Crippen LogP contribution in [0, 0.1) is 0 Å². The van der Waals surface area contributed by atoms with E-state index in [1.807, 2.05) is 48.5 Å². The number of carbonyl (C=O) groups excluding carboxylic acids is 2. The lowest BCUT2D eigenvalue weighted by Gasteiger charge is -2.11. The van der Waals surface area contributed by atoms with Crippen molar-refractivity contribution >= 4 is 34.5 Å². The number of urea groups is 1. The van der Waals surface area contributed by atoms with Crippen molar-refractivity contribution < 1.29 is 14.3 Å². The maximum atomic E-state index is 12.9. The first-order chi connectivity index (χ1) is 15.7. The number of benzene rings is 4. The molecule has 1 aliphatic rings. The second-order valence-corrected chi connectivity index (χ2v) is 7.47. The van der Waals surface area contributed by atoms with Gasteiger partial charge < -0.3 is 10.1 Å². The van der Waals surface area contributed by atoms with Crippen molar-refractivity contribution in [3.63, 3.8) is 0 Å². The van der Waals surface area contributed by atoms with E-state index in [1.54, 1.807) is 30.3 Å². The number of fused-ring (bicyclic) bond motifs is 1. The molecule has 156 valence electrons. The van der Waals surface area contributed by atoms with E-state index >= 15 is 0 Å². The average molecular weight is 420 g/mol. The quantitative estimate of drug-likeness (QED) is 0.342. The van der Waals surface area contributed by atoms with Gasteiger partial charge in [-0.3, -0.25) is 4.79 Å². The van der Waals surface area contributed by atoms with E-state index in [2.05, 4.69) is 29.6 Å². The van der Waals surface area contributed by atoms with Gasteiger partial charge in [-0.25, -0.2) is 9.69 Å². The number of ether oxygens (including phenoxy) is 1. The minimum atomic E-state index is -0.470. The van der Waals surface area contributed by atoms with Crippen molar-refractivity contribution in [1.82, 2.24) is 5.32 Å². The van der Waals surface area contributed by atoms with Crippen LogP contribution in [0.2, 0.25) is 0 Å². The summed E-state index contributed by atoms with van der Waals surface area (Å²) in [6, 6.07) is 30.2. The third-order valence-corrected chi connectivity index (χ3v) is 5.32. The second-order valence-electron chi connectivity index (χ2n) is 7.47. The smallest absolute Gasteiger partial charge is 0.333 e. The fourth-order valence-electron chi connectivity index (χ4n) is 3.72. The number of rotatable bonds is 5. The molecule has 0 atom stereocenters. The van der Waals surface area contributed by atoms with Gasteiger partial charge in [-0.15, -0.1) is 0 Å². The van der Waals surface area contributed by atoms with Crippen molar-refractivity contribution in [1.29, 1.82) is 0 Å². The van der Waals surface area contributed by atoms with Crippen molar-refractivity contribution in [3.8, 4) is 5.75 Å². The molecule has 0 aromatic heterocycles. The molecule has 0 saturated carbocycles. The number of imide groups is 1. The van der Waals surface area contributed by atoms with Crippen LogP contribution in [-0.4, -0.2) is 11.9 Å². The number of amides is 3. The molecule has 4 aromatic rings. The Morgan fingerprint density at radius 1 is 0.781 bits per heavy atom. The Balaban J connectivity index is 1.38. The lowest BCUT2D eigenvalue weighted by molar-refractivity contribution is -0.113. The number of nitrogens with zero attached hydrogens (tertiary/aromatic N) is 1. The molecule has 1 heterocycles. The Kier molecular flexibility index (Phi) is 5.14. The Bertz CT molecular complexity index is 1350. The molecule has 4 aromatic carbocycles. The minimum Gasteiger partial charge on any atom is -0.488 e. The summed E-state index contributed by atoms with van der Waals surface area (Å²) in [5.74, 6) is 0.235. The molecule has 0 aliphatic carbocycles. The molecule has 1 N–H and O–H groups in total. The normalized spacial score (nSPS) is 14.8. The molecule has 1 fully saturated rings. The Morgan fingerprint density at radius 2 is 1.50 bits per heavy atom. The maximum Gasteiger partial charge on any atom is 0.333 e. The summed E-state index contributed by atoms with van der Waals surface area (Å²) in [4.78, 5) is 26.4. The van der Waals surface area contributed by atoms with Crippen LogP contribution in [0.1, 0.15) is 11.1 Å². The van der Waals surface area contributed by atoms with Crippen molar-refractivity contribution in [2.45, 2.75) is 6.61 Å². The fraction of sp³-hybridized carbons (Fsp3) is 0.0370. The lowest BCUT2D eigenvalue weighted by atomic mass is 10.1. The van der Waals surface area contributed by atoms with Crippen molar-refractivity contribution in [2.24, 2.45) is 0 Å². The molecule has 32 heavy (non-hydrogen) atoms. The van der Waals surface area contributed by atoms with Gasteiger partial charge in [-0.1, -0.05) is 72.8 Å². The zero-order chi connectivity index (χ0) is 21.9. The molecule has 5 rings (SSSR count). The van der Waals surface area contributed by atoms with Gasteiger partial charge in [-0.05, 0) is 46.7 Å². The standard InChI is InChI=1S/C27H20N2O3/c30-26-24(28-27(31)29(26)23-11-2-1-3-12-23)17-22-10-6-7-13-25(22)32-18-19-14-15-20-8-4-5-9-21(20)16-19/h1-17H,18H2,(H,28,31)/b24-17+. The number of hydrogen-bond acceptors (Lipinski definition) is 3. The minimum absolute atomic E-state index is 0.209. The number of carbonyl (C=O) groups is 2. The maximum absolute atomic E-state index is 12.9. The topological polar surface area (TPSA) is 58.6 Å². The van der Waals surface area contributed by atoms with Gasteiger partial charge in [0.15, 0.2) is 0 Å². The summed E-state index contributed by atoms with van der Waals surface area (Å²) >= 11 is 0. The van der Waals surface area contributed by atoms with E-state index < -0.39 is 11.9 Å². The molecule has 5 nitrogen and oxygen atoms in total. The van der Waals surface area contributed by atoms with Gasteiger partial charge in [0.05, 0.1) is 5.69 Å². The van der Waals surface area contributed by atoms with Gasteiger partial charge in [0.25, 0.3) is 5.91 Å². The summed E-state index contributed by atoms with van der Waals surface area (Å²) < 4.78 is 6.07. The molecule has 0 spiro atoms. The predicted molar refractivity (Wildman–Crippen MR) is 125 cm³/mol. The monoisotopic (exact) mass is 420 g/mol. The molecule has 0 bridgehead atoms. The van der Waals surface area contributed by atoms with Gasteiger partial charge in [0.2, 0.25) is 0 Å². The number of hydrogen-bond donors (Lipinski definition) is 1. The van der Waals surface area contributed by atoms with E-state index in [9.17, 15) is 9.59 Å². The number of nitrogens with one attached hydrogen (secondary N) is 1. The van der Waals surface area contributed by atoms with Crippen LogP contribution in [0.5, 0.6) is 5.75 Å². The summed E-state index contributed by atoms with van der Waals surface area (Å²) in [7, 11) is 0. The van der Waals surface area contributed by atoms with E-state index in [0.29, 0.717) is 23.6 Å². The highest BCUT2D eigenvalue weighted by atomic mass is 16.5. The van der Waals surface area contributed by atoms with E-state index in [4.69, 9.17) is 4.74 Å². The van der Waals surface area contributed by atoms with Crippen molar-refractivity contribution in [3.05, 3.63) is 114 Å².